The molecule has 0 aliphatic rings. The van der Waals surface area contributed by atoms with E-state index in [4.69, 9.17) is 22.9 Å². The molecule has 134 valence electrons. The smallest absolute Gasteiger partial charge is 0.365 e. The molecule has 0 atom stereocenters. The first kappa shape index (κ1) is 20.2. The molecular weight excluding hydrogens is 335 g/mol. The second kappa shape index (κ2) is 10.1. The normalized spacial score (nSPS) is 12.0. The molecule has 0 aliphatic heterocycles. The van der Waals surface area contributed by atoms with Crippen LogP contribution in [0.15, 0.2) is 35.9 Å². The largest absolute Gasteiger partial charge is 0.496 e. The molecule has 0 bridgehead atoms. The van der Waals surface area contributed by atoms with Crippen LogP contribution in [0.3, 0.4) is 0 Å². The van der Waals surface area contributed by atoms with Gasteiger partial charge in [0.15, 0.2) is 0 Å². The predicted molar refractivity (Wildman–Crippen MR) is 89.6 cm³/mol. The standard InChI is InChI=1S/C16H23O7P/c1-5-9-19-12-15(24(18,22-7-3)23-8-4)13-10-20-11-14(13)16(17)21-6-2/h5,10-12H,1,6-9H2,2-4H3/b15-12+. The number of carbonyl (C=O) groups is 1. The van der Waals surface area contributed by atoms with Crippen molar-refractivity contribution in [2.24, 2.45) is 0 Å². The molecule has 8 heteroatoms. The van der Waals surface area contributed by atoms with E-state index in [0.717, 1.165) is 0 Å². The van der Waals surface area contributed by atoms with Crippen molar-refractivity contribution >= 4 is 18.9 Å². The zero-order valence-electron chi connectivity index (χ0n) is 14.1. The van der Waals surface area contributed by atoms with E-state index in [1.54, 1.807) is 20.8 Å². The third-order valence-corrected chi connectivity index (χ3v) is 4.87. The van der Waals surface area contributed by atoms with E-state index >= 15 is 0 Å². The van der Waals surface area contributed by atoms with Crippen LogP contribution in [0.5, 0.6) is 0 Å². The topological polar surface area (TPSA) is 84.2 Å². The molecule has 1 aromatic heterocycles. The number of furan rings is 1. The van der Waals surface area contributed by atoms with Gasteiger partial charge < -0.3 is 22.9 Å². The van der Waals surface area contributed by atoms with Crippen molar-refractivity contribution in [3.63, 3.8) is 0 Å². The molecule has 0 aliphatic carbocycles. The summed E-state index contributed by atoms with van der Waals surface area (Å²) < 4.78 is 39.2. The van der Waals surface area contributed by atoms with Gasteiger partial charge in [-0.15, -0.1) is 0 Å². The average molecular weight is 358 g/mol. The Morgan fingerprint density at radius 2 is 1.79 bits per heavy atom. The van der Waals surface area contributed by atoms with E-state index in [1.807, 2.05) is 0 Å². The van der Waals surface area contributed by atoms with Crippen molar-refractivity contribution in [1.29, 1.82) is 0 Å². The van der Waals surface area contributed by atoms with Crippen molar-refractivity contribution in [3.8, 4) is 0 Å². The summed E-state index contributed by atoms with van der Waals surface area (Å²) in [6.07, 6.45) is 5.26. The Labute approximate surface area is 141 Å². The Balaban J connectivity index is 3.36. The van der Waals surface area contributed by atoms with Crippen molar-refractivity contribution in [3.05, 3.63) is 42.6 Å². The lowest BCUT2D eigenvalue weighted by molar-refractivity contribution is 0.0525. The maximum Gasteiger partial charge on any atom is 0.365 e. The van der Waals surface area contributed by atoms with Crippen LogP contribution in [0, 0.1) is 0 Å². The van der Waals surface area contributed by atoms with E-state index < -0.39 is 13.6 Å². The third kappa shape index (κ3) is 5.09. The first-order chi connectivity index (χ1) is 11.5. The first-order valence-corrected chi connectivity index (χ1v) is 9.14. The fourth-order valence-electron chi connectivity index (χ4n) is 1.85. The van der Waals surface area contributed by atoms with Gasteiger partial charge in [0.25, 0.3) is 0 Å². The molecule has 0 saturated heterocycles. The van der Waals surface area contributed by atoms with Crippen LogP contribution in [-0.4, -0.2) is 32.4 Å². The summed E-state index contributed by atoms with van der Waals surface area (Å²) in [5.41, 5.74) is 0.354. The Hall–Kier alpha value is -1.82. The zero-order valence-corrected chi connectivity index (χ0v) is 15.0. The van der Waals surface area contributed by atoms with Gasteiger partial charge in [-0.1, -0.05) is 12.7 Å². The van der Waals surface area contributed by atoms with Crippen LogP contribution in [0.1, 0.15) is 36.7 Å². The second-order valence-corrected chi connectivity index (χ2v) is 6.37. The number of carbonyl (C=O) groups excluding carboxylic acids is 1. The maximum atomic E-state index is 13.1. The molecule has 1 heterocycles. The van der Waals surface area contributed by atoms with Crippen molar-refractivity contribution in [1.82, 2.24) is 0 Å². The molecule has 0 N–H and O–H groups in total. The quantitative estimate of drug-likeness (QED) is 0.192. The monoisotopic (exact) mass is 358 g/mol. The van der Waals surface area contributed by atoms with Crippen molar-refractivity contribution < 1.29 is 32.3 Å². The van der Waals surface area contributed by atoms with Crippen LogP contribution in [0.4, 0.5) is 0 Å². The highest BCUT2D eigenvalue weighted by Crippen LogP contribution is 2.61. The first-order valence-electron chi connectivity index (χ1n) is 7.60. The van der Waals surface area contributed by atoms with Crippen LogP contribution in [0.25, 0.3) is 5.31 Å². The summed E-state index contributed by atoms with van der Waals surface area (Å²) in [6, 6.07) is 0. The molecule has 0 unspecified atom stereocenters. The van der Waals surface area contributed by atoms with E-state index in [2.05, 4.69) is 6.58 Å². The van der Waals surface area contributed by atoms with Crippen LogP contribution >= 0.6 is 7.60 Å². The lowest BCUT2D eigenvalue weighted by Gasteiger charge is -2.19. The van der Waals surface area contributed by atoms with Gasteiger partial charge in [0.1, 0.15) is 23.7 Å². The minimum absolute atomic E-state index is 0.0878. The summed E-state index contributed by atoms with van der Waals surface area (Å²) in [5, 5.41) is 0.0878. The molecule has 1 aromatic rings. The second-order valence-electron chi connectivity index (χ2n) is 4.38. The van der Waals surface area contributed by atoms with Gasteiger partial charge in [0.2, 0.25) is 0 Å². The van der Waals surface area contributed by atoms with Crippen molar-refractivity contribution in [2.75, 3.05) is 26.4 Å². The highest BCUT2D eigenvalue weighted by Gasteiger charge is 2.35. The van der Waals surface area contributed by atoms with Crippen LogP contribution in [-0.2, 0) is 23.1 Å². The van der Waals surface area contributed by atoms with Crippen LogP contribution in [0.2, 0.25) is 0 Å². The molecule has 0 fully saturated rings. The summed E-state index contributed by atoms with van der Waals surface area (Å²) in [5.74, 6) is -0.601. The minimum Gasteiger partial charge on any atom is -0.496 e. The molecule has 0 spiro atoms. The fourth-order valence-corrected chi connectivity index (χ4v) is 3.55. The third-order valence-electron chi connectivity index (χ3n) is 2.74. The Kier molecular flexibility index (Phi) is 8.54. The Morgan fingerprint density at radius 3 is 2.33 bits per heavy atom. The molecule has 0 amide bonds. The average Bonchev–Trinajstić information content (AvgIpc) is 3.01. The minimum atomic E-state index is -3.71. The zero-order chi connectivity index (χ0) is 18.0. The van der Waals surface area contributed by atoms with Gasteiger partial charge >= 0.3 is 13.6 Å². The molecule has 7 nitrogen and oxygen atoms in total. The van der Waals surface area contributed by atoms with Crippen LogP contribution < -0.4 is 0 Å². The van der Waals surface area contributed by atoms with Gasteiger partial charge in [0, 0.05) is 5.56 Å². The van der Waals surface area contributed by atoms with E-state index in [-0.39, 0.29) is 42.9 Å². The van der Waals surface area contributed by atoms with E-state index in [0.29, 0.717) is 0 Å². The SMILES string of the molecule is C=CCO/C=C(\c1cocc1C(=O)OCC)P(=O)(OCC)OCC. The molecule has 0 aromatic carbocycles. The molecule has 1 rings (SSSR count). The number of hydrogen-bond donors (Lipinski definition) is 0. The lowest BCUT2D eigenvalue weighted by Crippen LogP contribution is -2.07. The van der Waals surface area contributed by atoms with Gasteiger partial charge in [-0.2, -0.15) is 0 Å². The lowest BCUT2D eigenvalue weighted by atomic mass is 10.2. The number of hydrogen-bond acceptors (Lipinski definition) is 7. The Bertz CT molecular complexity index is 608. The molecular formula is C16H23O7P. The summed E-state index contributed by atoms with van der Waals surface area (Å²) in [4.78, 5) is 12.1. The molecule has 0 radical (unpaired) electrons. The van der Waals surface area contributed by atoms with E-state index in [1.165, 1.54) is 24.9 Å². The van der Waals surface area contributed by atoms with Gasteiger partial charge in [-0.25, -0.2) is 4.79 Å². The fraction of sp³-hybridized carbons (Fsp3) is 0.438. The predicted octanol–water partition coefficient (Wildman–Crippen LogP) is 4.22. The number of rotatable bonds is 11. The molecule has 24 heavy (non-hydrogen) atoms. The highest BCUT2D eigenvalue weighted by atomic mass is 31.2. The van der Waals surface area contributed by atoms with Gasteiger partial charge in [0.05, 0.1) is 32.3 Å². The number of esters is 1. The van der Waals surface area contributed by atoms with Gasteiger partial charge in [-0.3, -0.25) is 4.57 Å². The number of ether oxygens (including phenoxy) is 2. The Morgan fingerprint density at radius 1 is 1.17 bits per heavy atom. The molecule has 0 saturated carbocycles. The highest BCUT2D eigenvalue weighted by molar-refractivity contribution is 7.65. The van der Waals surface area contributed by atoms with Gasteiger partial charge in [-0.05, 0) is 20.8 Å². The van der Waals surface area contributed by atoms with Crippen molar-refractivity contribution in [2.45, 2.75) is 20.8 Å². The van der Waals surface area contributed by atoms with E-state index in [9.17, 15) is 9.36 Å². The maximum absolute atomic E-state index is 13.1. The summed E-state index contributed by atoms with van der Waals surface area (Å²) >= 11 is 0. The summed E-state index contributed by atoms with van der Waals surface area (Å²) in [7, 11) is -3.71. The summed E-state index contributed by atoms with van der Waals surface area (Å²) in [6.45, 7) is 9.31.